The van der Waals surface area contributed by atoms with E-state index in [9.17, 15) is 9.59 Å². The molecule has 0 unspecified atom stereocenters. The summed E-state index contributed by atoms with van der Waals surface area (Å²) in [6, 6.07) is 1.96. The predicted molar refractivity (Wildman–Crippen MR) is 84.6 cm³/mol. The van der Waals surface area contributed by atoms with E-state index in [-0.39, 0.29) is 25.0 Å². The minimum Gasteiger partial charge on any atom is -0.444 e. The molecule has 7 nitrogen and oxygen atoms in total. The minimum atomic E-state index is -0.504. The maximum atomic E-state index is 12.0. The minimum absolute atomic E-state index is 0.0334. The zero-order valence-electron chi connectivity index (χ0n) is 14.5. The molecule has 0 spiro atoms. The van der Waals surface area contributed by atoms with Crippen LogP contribution in [0.1, 0.15) is 47.0 Å². The summed E-state index contributed by atoms with van der Waals surface area (Å²) in [5.74, 6) is -0.226. The van der Waals surface area contributed by atoms with Gasteiger partial charge in [0, 0.05) is 19.6 Å². The van der Waals surface area contributed by atoms with Crippen molar-refractivity contribution in [1.82, 2.24) is 10.2 Å². The third-order valence-corrected chi connectivity index (χ3v) is 3.58. The molecule has 1 aliphatic rings. The fraction of sp³-hybridized carbons (Fsp3) is 0.812. The van der Waals surface area contributed by atoms with Gasteiger partial charge in [-0.1, -0.05) is 0 Å². The summed E-state index contributed by atoms with van der Waals surface area (Å²) in [6.07, 6.45) is 1.28. The highest BCUT2D eigenvalue weighted by molar-refractivity contribution is 5.77. The molecule has 0 saturated carbocycles. The van der Waals surface area contributed by atoms with Gasteiger partial charge in [-0.2, -0.15) is 5.26 Å². The average Bonchev–Trinajstić information content (AvgIpc) is 2.44. The van der Waals surface area contributed by atoms with Gasteiger partial charge >= 0.3 is 6.09 Å². The van der Waals surface area contributed by atoms with E-state index in [0.717, 1.165) is 0 Å². The van der Waals surface area contributed by atoms with Crippen LogP contribution in [-0.4, -0.2) is 54.3 Å². The summed E-state index contributed by atoms with van der Waals surface area (Å²) in [5.41, 5.74) is -0.930. The molecular weight excluding hydrogens is 298 g/mol. The molecule has 0 aromatic heterocycles. The molecule has 7 heteroatoms. The summed E-state index contributed by atoms with van der Waals surface area (Å²) in [7, 11) is 0. The summed E-state index contributed by atoms with van der Waals surface area (Å²) in [5, 5.41) is 11.0. The molecule has 1 aliphatic heterocycles. The fourth-order valence-electron chi connectivity index (χ4n) is 2.18. The number of ether oxygens (including phenoxy) is 2. The highest BCUT2D eigenvalue weighted by Crippen LogP contribution is 2.26. The van der Waals surface area contributed by atoms with Crippen molar-refractivity contribution >= 4 is 12.0 Å². The van der Waals surface area contributed by atoms with Crippen LogP contribution in [0.25, 0.3) is 0 Å². The lowest BCUT2D eigenvalue weighted by Gasteiger charge is -2.39. The fourth-order valence-corrected chi connectivity index (χ4v) is 2.18. The van der Waals surface area contributed by atoms with Crippen LogP contribution in [0.15, 0.2) is 0 Å². The lowest BCUT2D eigenvalue weighted by Crippen LogP contribution is -2.48. The van der Waals surface area contributed by atoms with Crippen LogP contribution in [0.4, 0.5) is 4.79 Å². The molecule has 23 heavy (non-hydrogen) atoms. The average molecular weight is 325 g/mol. The molecule has 2 amide bonds. The maximum absolute atomic E-state index is 12.0. The normalized spacial score (nSPS) is 17.3. The van der Waals surface area contributed by atoms with E-state index < -0.39 is 11.2 Å². The van der Waals surface area contributed by atoms with Crippen molar-refractivity contribution in [3.05, 3.63) is 0 Å². The molecule has 1 rings (SSSR count). The Kier molecular flexibility index (Phi) is 6.82. The van der Waals surface area contributed by atoms with E-state index in [1.54, 1.807) is 4.90 Å². The largest absolute Gasteiger partial charge is 0.444 e. The number of piperidine rings is 1. The Labute approximate surface area is 137 Å². The monoisotopic (exact) mass is 325 g/mol. The summed E-state index contributed by atoms with van der Waals surface area (Å²) in [4.78, 5) is 25.3. The molecule has 0 atom stereocenters. The number of carbonyl (C=O) groups excluding carboxylic acids is 2. The second kappa shape index (κ2) is 8.16. The van der Waals surface area contributed by atoms with E-state index >= 15 is 0 Å². The third kappa shape index (κ3) is 7.33. The number of likely N-dealkylation sites (tertiary alicyclic amines) is 1. The number of nitrogens with one attached hydrogen (secondary N) is 1. The van der Waals surface area contributed by atoms with Crippen molar-refractivity contribution in [2.75, 3.05) is 26.2 Å². The molecule has 130 valence electrons. The van der Waals surface area contributed by atoms with Crippen molar-refractivity contribution in [1.29, 1.82) is 5.26 Å². The molecule has 0 aliphatic carbocycles. The van der Waals surface area contributed by atoms with Crippen LogP contribution in [-0.2, 0) is 14.3 Å². The molecule has 0 aromatic carbocycles. The van der Waals surface area contributed by atoms with Gasteiger partial charge in [0.15, 0.2) is 0 Å². The number of amides is 2. The molecule has 1 N–H and O–H groups in total. The number of nitrogens with zero attached hydrogens (tertiary/aromatic N) is 2. The van der Waals surface area contributed by atoms with Crippen LogP contribution in [0.3, 0.4) is 0 Å². The van der Waals surface area contributed by atoms with Crippen LogP contribution >= 0.6 is 0 Å². The Morgan fingerprint density at radius 3 is 2.43 bits per heavy atom. The highest BCUT2D eigenvalue weighted by Gasteiger charge is 2.34. The molecular formula is C16H27N3O4. The molecule has 1 heterocycles. The second-order valence-corrected chi connectivity index (χ2v) is 6.96. The number of nitriles is 1. The Balaban J connectivity index is 2.35. The first kappa shape index (κ1) is 19.2. The zero-order valence-corrected chi connectivity index (χ0v) is 14.5. The second-order valence-electron chi connectivity index (χ2n) is 6.96. The van der Waals surface area contributed by atoms with Crippen LogP contribution in [0.5, 0.6) is 0 Å². The molecule has 1 saturated heterocycles. The summed E-state index contributed by atoms with van der Waals surface area (Å²) in [6.45, 7) is 8.86. The standard InChI is InChI=1S/C16H27N3O4/c1-15(2,3)23-14(21)19-10-6-16(4,7-11-19)22-12-13(20)18-9-5-8-17/h5-7,9-12H2,1-4H3,(H,18,20). The van der Waals surface area contributed by atoms with Gasteiger partial charge < -0.3 is 19.7 Å². The van der Waals surface area contributed by atoms with Gasteiger partial charge in [0.1, 0.15) is 12.2 Å². The van der Waals surface area contributed by atoms with E-state index in [4.69, 9.17) is 14.7 Å². The number of rotatable bonds is 5. The zero-order chi connectivity index (χ0) is 17.5. The third-order valence-electron chi connectivity index (χ3n) is 3.58. The van der Waals surface area contributed by atoms with E-state index in [1.165, 1.54) is 0 Å². The van der Waals surface area contributed by atoms with E-state index in [1.807, 2.05) is 33.8 Å². The van der Waals surface area contributed by atoms with E-state index in [2.05, 4.69) is 5.32 Å². The first-order chi connectivity index (χ1) is 10.7. The van der Waals surface area contributed by atoms with Crippen molar-refractivity contribution in [2.24, 2.45) is 0 Å². The van der Waals surface area contributed by atoms with Crippen LogP contribution in [0.2, 0.25) is 0 Å². The number of hydrogen-bond donors (Lipinski definition) is 1. The first-order valence-electron chi connectivity index (χ1n) is 7.91. The quantitative estimate of drug-likeness (QED) is 0.779. The lowest BCUT2D eigenvalue weighted by molar-refractivity contribution is -0.135. The topological polar surface area (TPSA) is 91.7 Å². The number of hydrogen-bond acceptors (Lipinski definition) is 5. The van der Waals surface area contributed by atoms with Crippen LogP contribution in [0, 0.1) is 11.3 Å². The SMILES string of the molecule is CC(C)(C)OC(=O)N1CCC(C)(OCC(=O)NCCC#N)CC1. The number of carbonyl (C=O) groups is 2. The highest BCUT2D eigenvalue weighted by atomic mass is 16.6. The van der Waals surface area contributed by atoms with Crippen molar-refractivity contribution < 1.29 is 19.1 Å². The Hall–Kier alpha value is -1.81. The smallest absolute Gasteiger partial charge is 0.410 e. The van der Waals surface area contributed by atoms with Gasteiger partial charge in [-0.25, -0.2) is 4.79 Å². The first-order valence-corrected chi connectivity index (χ1v) is 7.91. The van der Waals surface area contributed by atoms with Gasteiger partial charge in [0.25, 0.3) is 0 Å². The Morgan fingerprint density at radius 1 is 1.30 bits per heavy atom. The van der Waals surface area contributed by atoms with Gasteiger partial charge in [0.2, 0.25) is 5.91 Å². The summed E-state index contributed by atoms with van der Waals surface area (Å²) >= 11 is 0. The Bertz CT molecular complexity index is 457. The predicted octanol–water partition coefficient (Wildman–Crippen LogP) is 1.82. The van der Waals surface area contributed by atoms with Gasteiger partial charge in [-0.05, 0) is 40.5 Å². The van der Waals surface area contributed by atoms with Crippen molar-refractivity contribution in [3.8, 4) is 6.07 Å². The lowest BCUT2D eigenvalue weighted by atomic mass is 9.93. The molecule has 1 fully saturated rings. The van der Waals surface area contributed by atoms with Gasteiger partial charge in [-0.3, -0.25) is 4.79 Å². The molecule has 0 radical (unpaired) electrons. The van der Waals surface area contributed by atoms with Gasteiger partial charge in [-0.15, -0.1) is 0 Å². The van der Waals surface area contributed by atoms with E-state index in [0.29, 0.717) is 32.5 Å². The molecule has 0 bridgehead atoms. The van der Waals surface area contributed by atoms with Crippen molar-refractivity contribution in [2.45, 2.75) is 58.2 Å². The maximum Gasteiger partial charge on any atom is 0.410 e. The van der Waals surface area contributed by atoms with Crippen LogP contribution < -0.4 is 5.32 Å². The Morgan fingerprint density at radius 2 is 1.91 bits per heavy atom. The van der Waals surface area contributed by atoms with Crippen molar-refractivity contribution in [3.63, 3.8) is 0 Å². The van der Waals surface area contributed by atoms with Gasteiger partial charge in [0.05, 0.1) is 18.1 Å². The summed E-state index contributed by atoms with van der Waals surface area (Å²) < 4.78 is 11.1. The molecule has 0 aromatic rings.